The lowest BCUT2D eigenvalue weighted by Crippen LogP contribution is -2.29. The Bertz CT molecular complexity index is 1650. The number of aliphatic hydroxyl groups excluding tert-OH is 1. The first-order valence-electron chi connectivity index (χ1n) is 12.6. The minimum Gasteiger partial charge on any atom is -0.507 e. The number of fused-ring (bicyclic) bond motifs is 3. The molecule has 1 unspecified atom stereocenters. The van der Waals surface area contributed by atoms with Crippen molar-refractivity contribution in [2.24, 2.45) is 0 Å². The number of ether oxygens (including phenoxy) is 8. The molecule has 1 fully saturated rings. The van der Waals surface area contributed by atoms with Crippen LogP contribution in [-0.4, -0.2) is 56.3 Å². The molecule has 41 heavy (non-hydrogen) atoms. The number of methoxy groups -OCH3 is 2. The molecule has 3 aromatic rings. The first-order chi connectivity index (χ1) is 20.0. The highest BCUT2D eigenvalue weighted by Gasteiger charge is 2.48. The number of benzene rings is 3. The predicted molar refractivity (Wildman–Crippen MR) is 139 cm³/mol. The lowest BCUT2D eigenvalue weighted by atomic mass is 9.93. The molecule has 210 valence electrons. The summed E-state index contributed by atoms with van der Waals surface area (Å²) in [7, 11) is 2.88. The number of carbonyl (C=O) groups excluding carboxylic acids is 2. The van der Waals surface area contributed by atoms with Gasteiger partial charge >= 0.3 is 0 Å². The molecule has 0 aromatic heterocycles. The van der Waals surface area contributed by atoms with Gasteiger partial charge < -0.3 is 47.9 Å². The van der Waals surface area contributed by atoms with Gasteiger partial charge in [0.2, 0.25) is 31.9 Å². The first-order valence-corrected chi connectivity index (χ1v) is 12.6. The van der Waals surface area contributed by atoms with Gasteiger partial charge in [0.25, 0.3) is 11.7 Å². The summed E-state index contributed by atoms with van der Waals surface area (Å²) in [5, 5.41) is 11.6. The molecular formula is C29H23NO11. The third-order valence-electron chi connectivity index (χ3n) is 7.28. The zero-order valence-corrected chi connectivity index (χ0v) is 21.9. The molecule has 12 heteroatoms. The van der Waals surface area contributed by atoms with Crippen LogP contribution in [0.15, 0.2) is 48.0 Å². The third-order valence-corrected chi connectivity index (χ3v) is 7.28. The van der Waals surface area contributed by atoms with Crippen LogP contribution in [0.4, 0.5) is 0 Å². The molecule has 4 aliphatic rings. The van der Waals surface area contributed by atoms with Crippen LogP contribution < -0.4 is 37.9 Å². The fourth-order valence-corrected chi connectivity index (χ4v) is 5.42. The van der Waals surface area contributed by atoms with Crippen molar-refractivity contribution in [3.8, 4) is 46.0 Å². The van der Waals surface area contributed by atoms with Crippen LogP contribution in [0, 0.1) is 0 Å². The van der Waals surface area contributed by atoms with E-state index in [-0.39, 0.29) is 49.6 Å². The molecule has 1 atom stereocenters. The fraction of sp³-hybridized carbons (Fsp3) is 0.241. The Kier molecular flexibility index (Phi) is 5.70. The van der Waals surface area contributed by atoms with E-state index in [1.165, 1.54) is 19.1 Å². The second-order valence-electron chi connectivity index (χ2n) is 9.45. The van der Waals surface area contributed by atoms with Crippen LogP contribution in [0.3, 0.4) is 0 Å². The Hall–Kier alpha value is -5.26. The van der Waals surface area contributed by atoms with Crippen LogP contribution >= 0.6 is 0 Å². The van der Waals surface area contributed by atoms with E-state index in [0.717, 1.165) is 0 Å². The molecule has 0 saturated carbocycles. The second-order valence-corrected chi connectivity index (χ2v) is 9.45. The van der Waals surface area contributed by atoms with Crippen molar-refractivity contribution in [2.75, 3.05) is 34.6 Å². The monoisotopic (exact) mass is 561 g/mol. The minimum absolute atomic E-state index is 0.00368. The van der Waals surface area contributed by atoms with Crippen LogP contribution in [0.1, 0.15) is 22.7 Å². The number of carbonyl (C=O) groups is 2. The SMILES string of the molecule is COc1c(C2C(=C(O)c3ccc4c(c3)OCO4)C(=O)C(=O)N2Cc2ccc3c(c2)OCO3)cc2c(c1OC)OCO2. The van der Waals surface area contributed by atoms with Gasteiger partial charge in [-0.25, -0.2) is 0 Å². The zero-order valence-electron chi connectivity index (χ0n) is 21.9. The molecule has 0 radical (unpaired) electrons. The molecule has 12 nitrogen and oxygen atoms in total. The van der Waals surface area contributed by atoms with Gasteiger partial charge in [-0.15, -0.1) is 0 Å². The van der Waals surface area contributed by atoms with Crippen molar-refractivity contribution in [1.82, 2.24) is 4.90 Å². The van der Waals surface area contributed by atoms with Gasteiger partial charge in [0.05, 0.1) is 25.8 Å². The molecule has 1 saturated heterocycles. The van der Waals surface area contributed by atoms with E-state index in [9.17, 15) is 14.7 Å². The minimum atomic E-state index is -1.09. The summed E-state index contributed by atoms with van der Waals surface area (Å²) in [6, 6.07) is 10.6. The normalized spacial score (nSPS) is 19.2. The van der Waals surface area contributed by atoms with E-state index in [0.29, 0.717) is 45.6 Å². The van der Waals surface area contributed by atoms with E-state index in [4.69, 9.17) is 37.9 Å². The van der Waals surface area contributed by atoms with Crippen molar-refractivity contribution in [1.29, 1.82) is 0 Å². The second kappa shape index (κ2) is 9.44. The van der Waals surface area contributed by atoms with Gasteiger partial charge in [-0.2, -0.15) is 0 Å². The van der Waals surface area contributed by atoms with E-state index in [2.05, 4.69) is 0 Å². The number of rotatable bonds is 6. The number of ketones is 1. The van der Waals surface area contributed by atoms with Crippen molar-refractivity contribution in [2.45, 2.75) is 12.6 Å². The maximum Gasteiger partial charge on any atom is 0.295 e. The average molecular weight is 561 g/mol. The number of hydrogen-bond acceptors (Lipinski definition) is 11. The number of amides is 1. The number of likely N-dealkylation sites (tertiary alicyclic amines) is 1. The summed E-state index contributed by atoms with van der Waals surface area (Å²) in [6.45, 7) is 0.0806. The van der Waals surface area contributed by atoms with Crippen molar-refractivity contribution in [3.05, 3.63) is 64.7 Å². The smallest absolute Gasteiger partial charge is 0.295 e. The van der Waals surface area contributed by atoms with E-state index >= 15 is 0 Å². The predicted octanol–water partition coefficient (Wildman–Crippen LogP) is 3.51. The van der Waals surface area contributed by atoms with E-state index in [1.807, 2.05) is 0 Å². The number of nitrogens with zero attached hydrogens (tertiary/aromatic N) is 1. The summed E-state index contributed by atoms with van der Waals surface area (Å²) < 4.78 is 44.3. The summed E-state index contributed by atoms with van der Waals surface area (Å²) in [6.07, 6.45) is 0. The molecule has 0 bridgehead atoms. The summed E-state index contributed by atoms with van der Waals surface area (Å²) in [5.74, 6) is 1.06. The summed E-state index contributed by atoms with van der Waals surface area (Å²) >= 11 is 0. The van der Waals surface area contributed by atoms with Gasteiger partial charge in [0.15, 0.2) is 34.5 Å². The Morgan fingerprint density at radius 3 is 2.17 bits per heavy atom. The number of hydrogen-bond donors (Lipinski definition) is 1. The zero-order chi connectivity index (χ0) is 28.2. The van der Waals surface area contributed by atoms with Crippen LogP contribution in [-0.2, 0) is 16.1 Å². The van der Waals surface area contributed by atoms with Gasteiger partial charge in [-0.05, 0) is 42.0 Å². The molecule has 4 heterocycles. The first kappa shape index (κ1) is 24.8. The van der Waals surface area contributed by atoms with Gasteiger partial charge in [0.1, 0.15) is 5.76 Å². The molecule has 0 aliphatic carbocycles. The van der Waals surface area contributed by atoms with Crippen molar-refractivity contribution >= 4 is 17.4 Å². The van der Waals surface area contributed by atoms with Crippen molar-refractivity contribution < 1.29 is 52.6 Å². The molecular weight excluding hydrogens is 538 g/mol. The maximum atomic E-state index is 13.7. The van der Waals surface area contributed by atoms with Crippen LogP contribution in [0.5, 0.6) is 46.0 Å². The largest absolute Gasteiger partial charge is 0.507 e. The lowest BCUT2D eigenvalue weighted by molar-refractivity contribution is -0.140. The van der Waals surface area contributed by atoms with Crippen LogP contribution in [0.25, 0.3) is 5.76 Å². The van der Waals surface area contributed by atoms with E-state index < -0.39 is 23.5 Å². The Morgan fingerprint density at radius 1 is 0.805 bits per heavy atom. The molecule has 7 rings (SSSR count). The summed E-state index contributed by atoms with van der Waals surface area (Å²) in [4.78, 5) is 28.7. The highest BCUT2D eigenvalue weighted by molar-refractivity contribution is 6.46. The van der Waals surface area contributed by atoms with Gasteiger partial charge in [-0.3, -0.25) is 9.59 Å². The highest BCUT2D eigenvalue weighted by atomic mass is 16.7. The molecule has 1 N–H and O–H groups in total. The summed E-state index contributed by atoms with van der Waals surface area (Å²) in [5.41, 5.74) is 1.16. The molecule has 3 aromatic carbocycles. The maximum absolute atomic E-state index is 13.7. The fourth-order valence-electron chi connectivity index (χ4n) is 5.42. The number of aliphatic hydroxyl groups is 1. The molecule has 0 spiro atoms. The number of Topliss-reactive ketones (excluding diaryl/α,β-unsaturated/α-hetero) is 1. The van der Waals surface area contributed by atoms with Gasteiger partial charge in [-0.1, -0.05) is 6.07 Å². The van der Waals surface area contributed by atoms with Gasteiger partial charge in [0, 0.05) is 17.7 Å². The highest BCUT2D eigenvalue weighted by Crippen LogP contribution is 2.54. The molecule has 1 amide bonds. The standard InChI is InChI=1S/C29H23NO11/c1-34-26-16(9-21-27(28(26)35-2)41-13-40-21)23-22(24(31)15-4-6-18-20(8-15)39-12-37-18)25(32)29(33)30(23)10-14-3-5-17-19(7-14)38-11-36-17/h3-9,23,31H,10-13H2,1-2H3. The Morgan fingerprint density at radius 2 is 1.44 bits per heavy atom. The quantitative estimate of drug-likeness (QED) is 0.269. The van der Waals surface area contributed by atoms with Crippen molar-refractivity contribution in [3.63, 3.8) is 0 Å². The van der Waals surface area contributed by atoms with Crippen LogP contribution in [0.2, 0.25) is 0 Å². The third kappa shape index (κ3) is 3.82. The average Bonchev–Trinajstić information content (AvgIpc) is 3.79. The Labute approximate surface area is 233 Å². The Balaban J connectivity index is 1.41. The molecule has 4 aliphatic heterocycles. The lowest BCUT2D eigenvalue weighted by Gasteiger charge is -2.27. The topological polar surface area (TPSA) is 131 Å². The van der Waals surface area contributed by atoms with E-state index in [1.54, 1.807) is 42.5 Å².